The van der Waals surface area contributed by atoms with Crippen LogP contribution in [0.2, 0.25) is 0 Å². The Bertz CT molecular complexity index is 232. The maximum absolute atomic E-state index is 10.1. The summed E-state index contributed by atoms with van der Waals surface area (Å²) in [5.74, 6) is -2.69. The van der Waals surface area contributed by atoms with E-state index in [2.05, 4.69) is 30.6 Å². The van der Waals surface area contributed by atoms with Gasteiger partial charge in [0.2, 0.25) is 5.91 Å². The van der Waals surface area contributed by atoms with Gasteiger partial charge in [0.25, 0.3) is 0 Å². The van der Waals surface area contributed by atoms with E-state index >= 15 is 0 Å². The predicted molar refractivity (Wildman–Crippen MR) is 65.1 cm³/mol. The molecule has 4 N–H and O–H groups in total. The average Bonchev–Trinajstić information content (AvgIpc) is 2.14. The molecule has 15 heavy (non-hydrogen) atoms. The summed E-state index contributed by atoms with van der Waals surface area (Å²) < 4.78 is -1.71. The van der Waals surface area contributed by atoms with Gasteiger partial charge in [0.05, 0.1) is 6.10 Å². The summed E-state index contributed by atoms with van der Waals surface area (Å²) >= 11 is 8.67. The van der Waals surface area contributed by atoms with E-state index in [0.717, 1.165) is 0 Å². The average molecular weight is 253 g/mol. The Morgan fingerprint density at radius 2 is 1.73 bits per heavy atom. The predicted octanol–water partition coefficient (Wildman–Crippen LogP) is -0.398. The molecule has 0 saturated carbocycles. The summed E-state index contributed by atoms with van der Waals surface area (Å²) in [5, 5.41) is 32.2. The summed E-state index contributed by atoms with van der Waals surface area (Å²) in [6.07, 6.45) is -0.861. The molecule has 4 unspecified atom stereocenters. The van der Waals surface area contributed by atoms with Gasteiger partial charge < -0.3 is 15.3 Å². The van der Waals surface area contributed by atoms with Gasteiger partial charge in [0.15, 0.2) is 0 Å². The van der Waals surface area contributed by atoms with Crippen molar-refractivity contribution in [2.75, 3.05) is 6.54 Å². The molecule has 0 radical (unpaired) electrons. The van der Waals surface area contributed by atoms with E-state index in [1.54, 1.807) is 20.8 Å². The molecule has 1 aliphatic rings. The minimum absolute atomic E-state index is 0.185. The molecule has 0 aliphatic carbocycles. The van der Waals surface area contributed by atoms with Gasteiger partial charge in [-0.3, -0.25) is 5.32 Å². The molecule has 0 spiro atoms. The van der Waals surface area contributed by atoms with Crippen molar-refractivity contribution < 1.29 is 15.3 Å². The molecule has 1 heterocycles. The number of nitrogens with one attached hydrogen (secondary N) is 1. The van der Waals surface area contributed by atoms with Crippen LogP contribution in [0.25, 0.3) is 0 Å². The maximum Gasteiger partial charge on any atom is 0.226 e. The fourth-order valence-electron chi connectivity index (χ4n) is 1.83. The molecule has 6 heteroatoms. The van der Waals surface area contributed by atoms with Crippen LogP contribution in [-0.2, 0) is 0 Å². The van der Waals surface area contributed by atoms with E-state index in [-0.39, 0.29) is 6.54 Å². The molecule has 1 rings (SSSR count). The van der Waals surface area contributed by atoms with Crippen LogP contribution < -0.4 is 5.32 Å². The Kier molecular flexibility index (Phi) is 3.43. The van der Waals surface area contributed by atoms with Crippen molar-refractivity contribution in [3.8, 4) is 0 Å². The number of hydrogen-bond donors (Lipinski definition) is 6. The lowest BCUT2D eigenvalue weighted by Crippen LogP contribution is -2.56. The lowest BCUT2D eigenvalue weighted by atomic mass is 9.83. The van der Waals surface area contributed by atoms with E-state index in [9.17, 15) is 15.3 Å². The van der Waals surface area contributed by atoms with Crippen LogP contribution in [0.15, 0.2) is 0 Å². The smallest absolute Gasteiger partial charge is 0.226 e. The lowest BCUT2D eigenvalue weighted by Gasteiger charge is -2.41. The topological polar surface area (TPSA) is 72.7 Å². The molecule has 4 nitrogen and oxygen atoms in total. The number of hydrogen-bond acceptors (Lipinski definition) is 6. The number of aliphatic hydroxyl groups excluding tert-OH is 1. The second kappa shape index (κ2) is 3.78. The highest BCUT2D eigenvalue weighted by molar-refractivity contribution is 7.83. The van der Waals surface area contributed by atoms with Crippen LogP contribution in [-0.4, -0.2) is 43.4 Å². The van der Waals surface area contributed by atoms with Gasteiger partial charge in [-0.05, 0) is 13.8 Å². The summed E-state index contributed by atoms with van der Waals surface area (Å²) in [5.41, 5.74) is 0. The fraction of sp³-hybridized carbons (Fsp3) is 1.00. The van der Waals surface area contributed by atoms with Crippen LogP contribution in [0.1, 0.15) is 20.8 Å². The molecule has 0 amide bonds. The molecule has 0 aromatic carbocycles. The quantitative estimate of drug-likeness (QED) is 0.262. The molecule has 1 fully saturated rings. The molecule has 0 aromatic heterocycles. The number of rotatable bonds is 0. The zero-order valence-corrected chi connectivity index (χ0v) is 10.9. The first-order chi connectivity index (χ1) is 6.52. The largest absolute Gasteiger partial charge is 0.390 e. The van der Waals surface area contributed by atoms with Crippen molar-refractivity contribution in [1.82, 2.24) is 5.32 Å². The SMILES string of the molecule is CC1C(O)(O)NCC(C)(S)C(O)C1(C)S. The minimum Gasteiger partial charge on any atom is -0.390 e. The highest BCUT2D eigenvalue weighted by atomic mass is 32.1. The molecule has 0 aromatic rings. The second-order valence-corrected chi connectivity index (χ2v) is 6.77. The monoisotopic (exact) mass is 253 g/mol. The van der Waals surface area contributed by atoms with E-state index in [1.165, 1.54) is 0 Å². The third kappa shape index (κ3) is 2.30. The van der Waals surface area contributed by atoms with E-state index in [4.69, 9.17) is 0 Å². The van der Waals surface area contributed by atoms with Crippen molar-refractivity contribution >= 4 is 25.3 Å². The molecular formula is C9H19NO3S2. The molecule has 1 saturated heterocycles. The minimum atomic E-state index is -2.04. The number of thiol groups is 2. The molecule has 1 aliphatic heterocycles. The standard InChI is InChI=1S/C9H19NO3S2/c1-5-8(3,15)6(11)7(2,14)4-10-9(5,12)13/h5-6,10-15H,4H2,1-3H3. The molecule has 0 bridgehead atoms. The van der Waals surface area contributed by atoms with Gasteiger partial charge in [0, 0.05) is 22.0 Å². The molecule has 90 valence electrons. The Morgan fingerprint density at radius 1 is 1.27 bits per heavy atom. The number of aliphatic hydroxyl groups is 3. The third-order valence-corrected chi connectivity index (χ3v) is 4.36. The Balaban J connectivity index is 3.13. The van der Waals surface area contributed by atoms with Gasteiger partial charge in [-0.1, -0.05) is 6.92 Å². The zero-order chi connectivity index (χ0) is 12.1. The Morgan fingerprint density at radius 3 is 2.20 bits per heavy atom. The van der Waals surface area contributed by atoms with Gasteiger partial charge in [-0.15, -0.1) is 0 Å². The Hall–Kier alpha value is 0.540. The Labute approximate surface area is 101 Å². The van der Waals surface area contributed by atoms with Gasteiger partial charge in [-0.25, -0.2) is 0 Å². The van der Waals surface area contributed by atoms with Crippen LogP contribution in [0.5, 0.6) is 0 Å². The highest BCUT2D eigenvalue weighted by Crippen LogP contribution is 2.42. The van der Waals surface area contributed by atoms with Crippen molar-refractivity contribution in [3.05, 3.63) is 0 Å². The van der Waals surface area contributed by atoms with E-state index < -0.39 is 27.4 Å². The second-order valence-electron chi connectivity index (χ2n) is 4.79. The van der Waals surface area contributed by atoms with E-state index in [1.807, 2.05) is 0 Å². The van der Waals surface area contributed by atoms with Crippen molar-refractivity contribution in [2.45, 2.75) is 42.3 Å². The van der Waals surface area contributed by atoms with Crippen LogP contribution in [0, 0.1) is 5.92 Å². The summed E-state index contributed by atoms with van der Waals surface area (Å²) in [6.45, 7) is 5.22. The van der Waals surface area contributed by atoms with Gasteiger partial charge >= 0.3 is 0 Å². The zero-order valence-electron chi connectivity index (χ0n) is 9.10. The van der Waals surface area contributed by atoms with Crippen molar-refractivity contribution in [2.24, 2.45) is 5.92 Å². The first kappa shape index (κ1) is 13.6. The fourth-order valence-corrected chi connectivity index (χ4v) is 2.75. The van der Waals surface area contributed by atoms with Gasteiger partial charge in [0.1, 0.15) is 0 Å². The summed E-state index contributed by atoms with van der Waals surface area (Å²) in [6, 6.07) is 0. The molecular weight excluding hydrogens is 234 g/mol. The van der Waals surface area contributed by atoms with Crippen molar-refractivity contribution in [1.29, 1.82) is 0 Å². The normalized spacial score (nSPS) is 51.2. The summed E-state index contributed by atoms with van der Waals surface area (Å²) in [4.78, 5) is 0. The third-order valence-electron chi connectivity index (χ3n) is 3.33. The first-order valence-corrected chi connectivity index (χ1v) is 5.74. The molecule has 4 atom stereocenters. The van der Waals surface area contributed by atoms with Crippen molar-refractivity contribution in [3.63, 3.8) is 0 Å². The highest BCUT2D eigenvalue weighted by Gasteiger charge is 2.54. The lowest BCUT2D eigenvalue weighted by molar-refractivity contribution is -0.223. The maximum atomic E-state index is 10.1. The van der Waals surface area contributed by atoms with Crippen LogP contribution >= 0.6 is 25.3 Å². The van der Waals surface area contributed by atoms with E-state index in [0.29, 0.717) is 0 Å². The van der Waals surface area contributed by atoms with Crippen LogP contribution in [0.4, 0.5) is 0 Å². The summed E-state index contributed by atoms with van der Waals surface area (Å²) in [7, 11) is 0. The van der Waals surface area contributed by atoms with Crippen LogP contribution in [0.3, 0.4) is 0 Å². The van der Waals surface area contributed by atoms with Gasteiger partial charge in [-0.2, -0.15) is 25.3 Å². The first-order valence-electron chi connectivity index (χ1n) is 4.84.